The summed E-state index contributed by atoms with van der Waals surface area (Å²) in [5.41, 5.74) is 0. The van der Waals surface area contributed by atoms with Crippen molar-refractivity contribution in [2.45, 2.75) is 13.3 Å². The van der Waals surface area contributed by atoms with Gasteiger partial charge in [-0.15, -0.1) is 11.3 Å². The van der Waals surface area contributed by atoms with Crippen LogP contribution in [0.1, 0.15) is 11.8 Å². The van der Waals surface area contributed by atoms with Crippen LogP contribution in [0.3, 0.4) is 0 Å². The van der Waals surface area contributed by atoms with Crippen LogP contribution in [0, 0.1) is 0 Å². The van der Waals surface area contributed by atoms with Gasteiger partial charge in [0.25, 0.3) is 0 Å². The monoisotopic (exact) mass is 164 g/mol. The van der Waals surface area contributed by atoms with Gasteiger partial charge >= 0.3 is 0 Å². The van der Waals surface area contributed by atoms with E-state index in [-0.39, 0.29) is 0 Å². The molecule has 0 atom stereocenters. The van der Waals surface area contributed by atoms with Crippen molar-refractivity contribution in [2.24, 2.45) is 0 Å². The summed E-state index contributed by atoms with van der Waals surface area (Å²) < 4.78 is 0. The minimum atomic E-state index is 1.08. The Bertz CT molecular complexity index is 334. The molecular formula is C8H8N2S. The molecule has 0 N–H and O–H groups in total. The Labute approximate surface area is 68.9 Å². The Hall–Kier alpha value is -0.960. The highest BCUT2D eigenvalue weighted by molar-refractivity contribution is 7.18. The summed E-state index contributed by atoms with van der Waals surface area (Å²) in [6.07, 6.45) is 4.54. The molecule has 0 saturated heterocycles. The van der Waals surface area contributed by atoms with E-state index >= 15 is 0 Å². The van der Waals surface area contributed by atoms with Gasteiger partial charge < -0.3 is 0 Å². The zero-order chi connectivity index (χ0) is 7.68. The lowest BCUT2D eigenvalue weighted by Gasteiger charge is -1.81. The number of aromatic nitrogens is 2. The fourth-order valence-electron chi connectivity index (χ4n) is 1.01. The summed E-state index contributed by atoms with van der Waals surface area (Å²) in [6.45, 7) is 2.15. The van der Waals surface area contributed by atoms with Crippen molar-refractivity contribution in [3.05, 3.63) is 23.5 Å². The zero-order valence-corrected chi connectivity index (χ0v) is 7.06. The van der Waals surface area contributed by atoms with E-state index in [1.54, 1.807) is 17.7 Å². The van der Waals surface area contributed by atoms with Crippen LogP contribution >= 0.6 is 11.3 Å². The van der Waals surface area contributed by atoms with E-state index in [1.807, 2.05) is 6.20 Å². The Morgan fingerprint density at radius 1 is 1.55 bits per heavy atom. The maximum atomic E-state index is 4.16. The summed E-state index contributed by atoms with van der Waals surface area (Å²) in [4.78, 5) is 10.6. The largest absolute Gasteiger partial charge is 0.244 e. The maximum absolute atomic E-state index is 4.16. The van der Waals surface area contributed by atoms with Crippen molar-refractivity contribution in [3.8, 4) is 0 Å². The third-order valence-electron chi connectivity index (χ3n) is 1.59. The summed E-state index contributed by atoms with van der Waals surface area (Å²) in [7, 11) is 0. The first kappa shape index (κ1) is 6.73. The number of hydrogen-bond donors (Lipinski definition) is 0. The van der Waals surface area contributed by atoms with Gasteiger partial charge in [-0.3, -0.25) is 0 Å². The van der Waals surface area contributed by atoms with Gasteiger partial charge in [0.05, 0.1) is 0 Å². The Balaban J connectivity index is 2.69. The molecule has 0 fully saturated rings. The van der Waals surface area contributed by atoms with E-state index in [1.165, 1.54) is 4.88 Å². The normalized spacial score (nSPS) is 10.6. The fourth-order valence-corrected chi connectivity index (χ4v) is 1.92. The molecule has 0 aromatic carbocycles. The average molecular weight is 164 g/mol. The molecule has 0 aliphatic heterocycles. The first-order valence-corrected chi connectivity index (χ1v) is 4.40. The van der Waals surface area contributed by atoms with Crippen LogP contribution in [0.2, 0.25) is 0 Å². The standard InChI is InChI=1S/C8H8N2S/c1-2-7-3-6-4-9-5-10-8(6)11-7/h3-5H,2H2,1H3. The van der Waals surface area contributed by atoms with Gasteiger partial charge in [-0.2, -0.15) is 0 Å². The van der Waals surface area contributed by atoms with Gasteiger partial charge in [-0.1, -0.05) is 6.92 Å². The molecule has 3 heteroatoms. The minimum Gasteiger partial charge on any atom is -0.244 e. The number of fused-ring (bicyclic) bond motifs is 1. The smallest absolute Gasteiger partial charge is 0.126 e. The van der Waals surface area contributed by atoms with E-state index in [0.29, 0.717) is 0 Å². The van der Waals surface area contributed by atoms with Crippen molar-refractivity contribution >= 4 is 21.6 Å². The maximum Gasteiger partial charge on any atom is 0.126 e. The van der Waals surface area contributed by atoms with Gasteiger partial charge in [-0.25, -0.2) is 9.97 Å². The lowest BCUT2D eigenvalue weighted by Crippen LogP contribution is -1.71. The van der Waals surface area contributed by atoms with Crippen LogP contribution in [-0.4, -0.2) is 9.97 Å². The average Bonchev–Trinajstić information content (AvgIpc) is 2.46. The number of nitrogens with zero attached hydrogens (tertiary/aromatic N) is 2. The molecule has 2 aromatic rings. The molecule has 0 spiro atoms. The van der Waals surface area contributed by atoms with Crippen molar-refractivity contribution in [2.75, 3.05) is 0 Å². The van der Waals surface area contributed by atoms with Crippen molar-refractivity contribution < 1.29 is 0 Å². The molecule has 0 saturated carbocycles. The SMILES string of the molecule is CCc1cc2cncnc2s1. The van der Waals surface area contributed by atoms with Crippen molar-refractivity contribution in [1.29, 1.82) is 0 Å². The highest BCUT2D eigenvalue weighted by atomic mass is 32.1. The van der Waals surface area contributed by atoms with Crippen molar-refractivity contribution in [3.63, 3.8) is 0 Å². The molecule has 11 heavy (non-hydrogen) atoms. The Morgan fingerprint density at radius 3 is 3.18 bits per heavy atom. The van der Waals surface area contributed by atoms with Gasteiger partial charge in [0, 0.05) is 16.5 Å². The molecule has 56 valence electrons. The summed E-state index contributed by atoms with van der Waals surface area (Å²) in [6, 6.07) is 2.15. The fraction of sp³-hybridized carbons (Fsp3) is 0.250. The van der Waals surface area contributed by atoms with Crippen molar-refractivity contribution in [1.82, 2.24) is 9.97 Å². The first-order chi connectivity index (χ1) is 5.40. The van der Waals surface area contributed by atoms with E-state index in [9.17, 15) is 0 Å². The molecule has 2 nitrogen and oxygen atoms in total. The topological polar surface area (TPSA) is 25.8 Å². The molecule has 0 aliphatic rings. The molecule has 0 amide bonds. The Morgan fingerprint density at radius 2 is 2.45 bits per heavy atom. The Kier molecular flexibility index (Phi) is 1.58. The molecule has 0 aliphatic carbocycles. The molecule has 0 unspecified atom stereocenters. The zero-order valence-electron chi connectivity index (χ0n) is 6.24. The number of rotatable bonds is 1. The third-order valence-corrected chi connectivity index (χ3v) is 2.80. The first-order valence-electron chi connectivity index (χ1n) is 3.58. The minimum absolute atomic E-state index is 1.08. The third kappa shape index (κ3) is 1.12. The lowest BCUT2D eigenvalue weighted by atomic mass is 10.3. The second-order valence-corrected chi connectivity index (χ2v) is 3.46. The number of aryl methyl sites for hydroxylation is 1. The molecule has 2 aromatic heterocycles. The van der Waals surface area contributed by atoms with Crippen LogP contribution in [0.15, 0.2) is 18.6 Å². The summed E-state index contributed by atoms with van der Waals surface area (Å²) in [5.74, 6) is 0. The summed E-state index contributed by atoms with van der Waals surface area (Å²) >= 11 is 1.75. The molecule has 2 rings (SSSR count). The van der Waals surface area contributed by atoms with Crippen LogP contribution in [0.25, 0.3) is 10.2 Å². The van der Waals surface area contributed by atoms with Crippen LogP contribution in [0.5, 0.6) is 0 Å². The lowest BCUT2D eigenvalue weighted by molar-refractivity contribution is 1.19. The van der Waals surface area contributed by atoms with E-state index in [2.05, 4.69) is 23.0 Å². The predicted octanol–water partition coefficient (Wildman–Crippen LogP) is 2.25. The quantitative estimate of drug-likeness (QED) is 0.646. The summed E-state index contributed by atoms with van der Waals surface area (Å²) in [5, 5.41) is 1.16. The molecular weight excluding hydrogens is 156 g/mol. The van der Waals surface area contributed by atoms with Gasteiger partial charge in [0.15, 0.2) is 0 Å². The number of hydrogen-bond acceptors (Lipinski definition) is 3. The molecule has 0 radical (unpaired) electrons. The van der Waals surface area contributed by atoms with E-state index < -0.39 is 0 Å². The highest BCUT2D eigenvalue weighted by Crippen LogP contribution is 2.22. The second-order valence-electron chi connectivity index (χ2n) is 2.35. The number of thiophene rings is 1. The van der Waals surface area contributed by atoms with E-state index in [0.717, 1.165) is 16.6 Å². The predicted molar refractivity (Wildman–Crippen MR) is 46.8 cm³/mol. The molecule has 2 heterocycles. The molecule has 0 bridgehead atoms. The van der Waals surface area contributed by atoms with Crippen LogP contribution < -0.4 is 0 Å². The van der Waals surface area contributed by atoms with Crippen LogP contribution in [0.4, 0.5) is 0 Å². The second kappa shape index (κ2) is 2.58. The van der Waals surface area contributed by atoms with E-state index in [4.69, 9.17) is 0 Å². The van der Waals surface area contributed by atoms with Gasteiger partial charge in [-0.05, 0) is 12.5 Å². The van der Waals surface area contributed by atoms with Gasteiger partial charge in [0.1, 0.15) is 11.2 Å². The highest BCUT2D eigenvalue weighted by Gasteiger charge is 1.98. The van der Waals surface area contributed by atoms with Gasteiger partial charge in [0.2, 0.25) is 0 Å². The van der Waals surface area contributed by atoms with Crippen LogP contribution in [-0.2, 0) is 6.42 Å².